The summed E-state index contributed by atoms with van der Waals surface area (Å²) in [4.78, 5) is 16.7. The third-order valence-corrected chi connectivity index (χ3v) is 6.27. The fraction of sp³-hybridized carbons (Fsp3) is 0.360. The number of benzene rings is 2. The Kier molecular flexibility index (Phi) is 6.35. The standard InChI is InChI=1S/C25H26F3N3O/c1-16-4-2-3-5-21(16)31-24(32)18-8-6-17(7-9-18)15-30-22-12-13-29-23-14-19(25(26,27)28)10-11-20(22)23/h2-5,10-14,17-18H,6-9,15H2,1H3,(H,29,30)(H,31,32). The smallest absolute Gasteiger partial charge is 0.384 e. The summed E-state index contributed by atoms with van der Waals surface area (Å²) in [5, 5.41) is 7.10. The molecule has 1 saturated carbocycles. The van der Waals surface area contributed by atoms with Crippen LogP contribution in [-0.4, -0.2) is 17.4 Å². The number of rotatable bonds is 5. The lowest BCUT2D eigenvalue weighted by Gasteiger charge is -2.28. The van der Waals surface area contributed by atoms with Crippen LogP contribution in [0.1, 0.15) is 36.8 Å². The van der Waals surface area contributed by atoms with Crippen molar-refractivity contribution >= 4 is 28.2 Å². The first-order valence-corrected chi connectivity index (χ1v) is 10.9. The van der Waals surface area contributed by atoms with Crippen LogP contribution in [0, 0.1) is 18.8 Å². The Labute approximate surface area is 185 Å². The minimum atomic E-state index is -4.39. The number of hydrogen-bond acceptors (Lipinski definition) is 3. The Balaban J connectivity index is 1.33. The molecule has 1 amide bonds. The molecule has 1 aliphatic carbocycles. The van der Waals surface area contributed by atoms with Crippen LogP contribution < -0.4 is 10.6 Å². The van der Waals surface area contributed by atoms with E-state index in [-0.39, 0.29) is 11.8 Å². The zero-order chi connectivity index (χ0) is 22.7. The fourth-order valence-electron chi connectivity index (χ4n) is 4.31. The monoisotopic (exact) mass is 441 g/mol. The van der Waals surface area contributed by atoms with Crippen molar-refractivity contribution in [2.45, 2.75) is 38.8 Å². The second-order valence-electron chi connectivity index (χ2n) is 8.49. The number of fused-ring (bicyclic) bond motifs is 1. The van der Waals surface area contributed by atoms with Crippen LogP contribution in [0.2, 0.25) is 0 Å². The maximum Gasteiger partial charge on any atom is 0.416 e. The second-order valence-corrected chi connectivity index (χ2v) is 8.49. The van der Waals surface area contributed by atoms with Gasteiger partial charge in [0.25, 0.3) is 0 Å². The molecule has 0 radical (unpaired) electrons. The molecular weight excluding hydrogens is 415 g/mol. The lowest BCUT2D eigenvalue weighted by atomic mass is 9.81. The van der Waals surface area contributed by atoms with Gasteiger partial charge in [0.05, 0.1) is 11.1 Å². The molecule has 2 N–H and O–H groups in total. The van der Waals surface area contributed by atoms with Crippen LogP contribution in [0.4, 0.5) is 24.5 Å². The number of para-hydroxylation sites is 1. The minimum absolute atomic E-state index is 0.00778. The van der Waals surface area contributed by atoms with Crippen molar-refractivity contribution in [2.24, 2.45) is 11.8 Å². The van der Waals surface area contributed by atoms with Crippen LogP contribution >= 0.6 is 0 Å². The Morgan fingerprint density at radius 1 is 1.03 bits per heavy atom. The average Bonchev–Trinajstić information content (AvgIpc) is 2.78. The Hall–Kier alpha value is -3.09. The second kappa shape index (κ2) is 9.18. The number of pyridine rings is 1. The molecule has 3 aromatic rings. The van der Waals surface area contributed by atoms with Gasteiger partial charge in [-0.2, -0.15) is 13.2 Å². The van der Waals surface area contributed by atoms with Gasteiger partial charge in [0.15, 0.2) is 0 Å². The van der Waals surface area contributed by atoms with Crippen molar-refractivity contribution in [3.05, 3.63) is 65.9 Å². The topological polar surface area (TPSA) is 54.0 Å². The molecule has 4 nitrogen and oxygen atoms in total. The highest BCUT2D eigenvalue weighted by Crippen LogP contribution is 2.34. The van der Waals surface area contributed by atoms with Gasteiger partial charge in [-0.1, -0.05) is 24.3 Å². The summed E-state index contributed by atoms with van der Waals surface area (Å²) in [6.07, 6.45) is 0.660. The quantitative estimate of drug-likeness (QED) is 0.480. The molecule has 0 aliphatic heterocycles. The summed E-state index contributed by atoms with van der Waals surface area (Å²) in [6.45, 7) is 2.69. The third-order valence-electron chi connectivity index (χ3n) is 6.27. The van der Waals surface area contributed by atoms with E-state index in [0.717, 1.165) is 54.8 Å². The van der Waals surface area contributed by atoms with Gasteiger partial charge in [-0.3, -0.25) is 9.78 Å². The molecule has 1 aromatic heterocycles. The zero-order valence-corrected chi connectivity index (χ0v) is 17.9. The number of nitrogens with zero attached hydrogens (tertiary/aromatic N) is 1. The van der Waals surface area contributed by atoms with Crippen molar-refractivity contribution in [3.8, 4) is 0 Å². The molecule has 32 heavy (non-hydrogen) atoms. The molecule has 1 aliphatic rings. The molecule has 0 atom stereocenters. The molecular formula is C25H26F3N3O. The molecule has 168 valence electrons. The van der Waals surface area contributed by atoms with E-state index in [1.807, 2.05) is 31.2 Å². The lowest BCUT2D eigenvalue weighted by Crippen LogP contribution is -2.29. The summed E-state index contributed by atoms with van der Waals surface area (Å²) in [5.74, 6) is 0.495. The van der Waals surface area contributed by atoms with E-state index >= 15 is 0 Å². The van der Waals surface area contributed by atoms with Crippen LogP contribution in [0.25, 0.3) is 10.9 Å². The molecule has 4 rings (SSSR count). The molecule has 7 heteroatoms. The van der Waals surface area contributed by atoms with Crippen molar-refractivity contribution in [3.63, 3.8) is 0 Å². The number of nitrogens with one attached hydrogen (secondary N) is 2. The summed E-state index contributed by atoms with van der Waals surface area (Å²) >= 11 is 0. The Morgan fingerprint density at radius 2 is 1.78 bits per heavy atom. The summed E-state index contributed by atoms with van der Waals surface area (Å²) in [6, 6.07) is 13.2. The van der Waals surface area contributed by atoms with E-state index in [1.165, 1.54) is 12.3 Å². The van der Waals surface area contributed by atoms with Gasteiger partial charge >= 0.3 is 6.18 Å². The van der Waals surface area contributed by atoms with Gasteiger partial charge in [0.2, 0.25) is 5.91 Å². The number of hydrogen-bond donors (Lipinski definition) is 2. The number of carbonyl (C=O) groups excluding carboxylic acids is 1. The SMILES string of the molecule is Cc1ccccc1NC(=O)C1CCC(CNc2ccnc3cc(C(F)(F)F)ccc23)CC1. The van der Waals surface area contributed by atoms with Gasteiger partial charge in [-0.25, -0.2) is 0 Å². The number of halogens is 3. The Morgan fingerprint density at radius 3 is 2.50 bits per heavy atom. The van der Waals surface area contributed by atoms with Gasteiger partial charge < -0.3 is 10.6 Å². The number of alkyl halides is 3. The zero-order valence-electron chi connectivity index (χ0n) is 17.9. The molecule has 2 aromatic carbocycles. The van der Waals surface area contributed by atoms with Gasteiger partial charge in [0.1, 0.15) is 0 Å². The molecule has 0 saturated heterocycles. The number of amides is 1. The van der Waals surface area contributed by atoms with E-state index in [9.17, 15) is 18.0 Å². The summed E-state index contributed by atoms with van der Waals surface area (Å²) in [5.41, 5.74) is 2.31. The highest BCUT2D eigenvalue weighted by atomic mass is 19.4. The molecule has 0 bridgehead atoms. The van der Waals surface area contributed by atoms with Crippen LogP contribution in [0.15, 0.2) is 54.7 Å². The van der Waals surface area contributed by atoms with Crippen molar-refractivity contribution in [1.82, 2.24) is 4.98 Å². The summed E-state index contributed by atoms with van der Waals surface area (Å²) < 4.78 is 38.9. The predicted octanol–water partition coefficient (Wildman–Crippen LogP) is 6.42. The van der Waals surface area contributed by atoms with E-state index < -0.39 is 11.7 Å². The normalized spacial score (nSPS) is 19.0. The maximum atomic E-state index is 13.0. The Bertz CT molecular complexity index is 1110. The number of anilines is 2. The van der Waals surface area contributed by atoms with Crippen LogP contribution in [0.5, 0.6) is 0 Å². The fourth-order valence-corrected chi connectivity index (χ4v) is 4.31. The van der Waals surface area contributed by atoms with Crippen molar-refractivity contribution < 1.29 is 18.0 Å². The molecule has 1 heterocycles. The first-order valence-electron chi connectivity index (χ1n) is 10.9. The highest BCUT2D eigenvalue weighted by Gasteiger charge is 2.31. The molecule has 1 fully saturated rings. The van der Waals surface area contributed by atoms with Crippen LogP contribution in [0.3, 0.4) is 0 Å². The van der Waals surface area contributed by atoms with Gasteiger partial charge in [-0.15, -0.1) is 0 Å². The van der Waals surface area contributed by atoms with E-state index in [0.29, 0.717) is 23.4 Å². The van der Waals surface area contributed by atoms with Gasteiger partial charge in [-0.05, 0) is 68.4 Å². The van der Waals surface area contributed by atoms with E-state index in [2.05, 4.69) is 15.6 Å². The first kappa shape index (κ1) is 22.1. The number of aromatic nitrogens is 1. The molecule has 0 unspecified atom stereocenters. The van der Waals surface area contributed by atoms with E-state index in [1.54, 1.807) is 6.07 Å². The lowest BCUT2D eigenvalue weighted by molar-refractivity contribution is -0.137. The van der Waals surface area contributed by atoms with E-state index in [4.69, 9.17) is 0 Å². The maximum absolute atomic E-state index is 13.0. The molecule has 0 spiro atoms. The highest BCUT2D eigenvalue weighted by molar-refractivity contribution is 5.93. The number of carbonyl (C=O) groups is 1. The third kappa shape index (κ3) is 5.03. The van der Waals surface area contributed by atoms with Crippen molar-refractivity contribution in [2.75, 3.05) is 17.2 Å². The minimum Gasteiger partial charge on any atom is -0.384 e. The van der Waals surface area contributed by atoms with Gasteiger partial charge in [0, 0.05) is 35.4 Å². The predicted molar refractivity (Wildman–Crippen MR) is 120 cm³/mol. The first-order chi connectivity index (χ1) is 15.3. The largest absolute Gasteiger partial charge is 0.416 e. The summed E-state index contributed by atoms with van der Waals surface area (Å²) in [7, 11) is 0. The van der Waals surface area contributed by atoms with Crippen molar-refractivity contribution in [1.29, 1.82) is 0 Å². The average molecular weight is 441 g/mol. The van der Waals surface area contributed by atoms with Crippen LogP contribution in [-0.2, 0) is 11.0 Å². The number of aryl methyl sites for hydroxylation is 1.